The van der Waals surface area contributed by atoms with Gasteiger partial charge in [0.2, 0.25) is 0 Å². The van der Waals surface area contributed by atoms with E-state index in [1.165, 1.54) is 0 Å². The maximum absolute atomic E-state index is 9.53. The van der Waals surface area contributed by atoms with Gasteiger partial charge in [-0.25, -0.2) is 0 Å². The molecule has 2 nitrogen and oxygen atoms in total. The minimum atomic E-state index is -0.581. The maximum atomic E-state index is 9.53. The lowest BCUT2D eigenvalue weighted by molar-refractivity contribution is 0.0812. The molecule has 11 heavy (non-hydrogen) atoms. The second-order valence-electron chi connectivity index (χ2n) is 3.21. The van der Waals surface area contributed by atoms with E-state index in [4.69, 9.17) is 6.42 Å². The fraction of sp³-hybridized carbons (Fsp3) is 0.778. The summed E-state index contributed by atoms with van der Waals surface area (Å²) in [6.45, 7) is 3.91. The molecule has 2 unspecified atom stereocenters. The van der Waals surface area contributed by atoms with Gasteiger partial charge < -0.3 is 10.4 Å². The van der Waals surface area contributed by atoms with Gasteiger partial charge in [0, 0.05) is 12.0 Å². The largest absolute Gasteiger partial charge is 0.380 e. The van der Waals surface area contributed by atoms with Crippen LogP contribution in [0, 0.1) is 17.8 Å². The summed E-state index contributed by atoms with van der Waals surface area (Å²) in [6.07, 6.45) is 6.55. The summed E-state index contributed by atoms with van der Waals surface area (Å²) in [7, 11) is 0. The lowest BCUT2D eigenvalue weighted by Crippen LogP contribution is -2.35. The zero-order chi connectivity index (χ0) is 8.32. The number of aliphatic hydroxyl groups excluding tert-OH is 1. The third-order valence-corrected chi connectivity index (χ3v) is 2.72. The number of aliphatic hydroxyl groups is 1. The molecule has 1 aliphatic rings. The predicted molar refractivity (Wildman–Crippen MR) is 45.1 cm³/mol. The molecular weight excluding hydrogens is 138 g/mol. The molecule has 1 fully saturated rings. The average Bonchev–Trinajstić information content (AvgIpc) is 2.52. The molecule has 1 saturated heterocycles. The summed E-state index contributed by atoms with van der Waals surface area (Å²) in [5.41, 5.74) is -0.0469. The van der Waals surface area contributed by atoms with Crippen LogP contribution in [-0.2, 0) is 0 Å². The van der Waals surface area contributed by atoms with E-state index in [2.05, 4.69) is 18.2 Å². The van der Waals surface area contributed by atoms with E-state index >= 15 is 0 Å². The van der Waals surface area contributed by atoms with Crippen molar-refractivity contribution in [1.29, 1.82) is 0 Å². The first-order chi connectivity index (χ1) is 5.25. The highest BCUT2D eigenvalue weighted by atomic mass is 16.3. The number of hydrogen-bond donors (Lipinski definition) is 2. The van der Waals surface area contributed by atoms with Crippen molar-refractivity contribution in [3.05, 3.63) is 0 Å². The first-order valence-electron chi connectivity index (χ1n) is 4.10. The van der Waals surface area contributed by atoms with E-state index in [0.717, 1.165) is 25.9 Å². The Hall–Kier alpha value is -0.520. The number of hydrogen-bond acceptors (Lipinski definition) is 2. The van der Waals surface area contributed by atoms with Crippen molar-refractivity contribution in [3.63, 3.8) is 0 Å². The first-order valence-corrected chi connectivity index (χ1v) is 4.10. The summed E-state index contributed by atoms with van der Waals surface area (Å²) in [5, 5.41) is 12.8. The second kappa shape index (κ2) is 3.25. The Balaban J connectivity index is 2.68. The molecule has 1 heterocycles. The van der Waals surface area contributed by atoms with E-state index in [9.17, 15) is 5.11 Å². The van der Waals surface area contributed by atoms with Crippen LogP contribution in [0.3, 0.4) is 0 Å². The molecule has 0 amide bonds. The van der Waals surface area contributed by atoms with Crippen molar-refractivity contribution in [3.8, 4) is 12.3 Å². The van der Waals surface area contributed by atoms with Crippen LogP contribution in [-0.4, -0.2) is 24.3 Å². The summed E-state index contributed by atoms with van der Waals surface area (Å²) in [4.78, 5) is 0. The number of nitrogens with one attached hydrogen (secondary N) is 1. The first kappa shape index (κ1) is 8.58. The molecule has 0 saturated carbocycles. The fourth-order valence-electron chi connectivity index (χ4n) is 1.67. The summed E-state index contributed by atoms with van der Waals surface area (Å²) >= 11 is 0. The normalized spacial score (nSPS) is 33.2. The Labute approximate surface area is 68.0 Å². The van der Waals surface area contributed by atoms with Crippen molar-refractivity contribution in [2.24, 2.45) is 5.41 Å². The maximum Gasteiger partial charge on any atom is 0.121 e. The number of rotatable bonds is 2. The van der Waals surface area contributed by atoms with Gasteiger partial charge in [-0.05, 0) is 19.4 Å². The van der Waals surface area contributed by atoms with Gasteiger partial charge in [0.15, 0.2) is 0 Å². The van der Waals surface area contributed by atoms with Crippen LogP contribution in [0.2, 0.25) is 0 Å². The van der Waals surface area contributed by atoms with Gasteiger partial charge in [-0.2, -0.15) is 0 Å². The van der Waals surface area contributed by atoms with E-state index in [1.54, 1.807) is 0 Å². The Kier molecular flexibility index (Phi) is 2.53. The van der Waals surface area contributed by atoms with Crippen LogP contribution in [0.25, 0.3) is 0 Å². The van der Waals surface area contributed by atoms with E-state index in [-0.39, 0.29) is 5.41 Å². The van der Waals surface area contributed by atoms with Gasteiger partial charge in [-0.15, -0.1) is 6.42 Å². The molecular formula is C9H15NO. The molecule has 2 heteroatoms. The Bertz CT molecular complexity index is 165. The quantitative estimate of drug-likeness (QED) is 0.562. The van der Waals surface area contributed by atoms with Crippen LogP contribution < -0.4 is 5.32 Å². The van der Waals surface area contributed by atoms with Crippen molar-refractivity contribution in [1.82, 2.24) is 5.32 Å². The highest BCUT2D eigenvalue weighted by molar-refractivity contribution is 5.06. The minimum absolute atomic E-state index is 0.0469. The lowest BCUT2D eigenvalue weighted by Gasteiger charge is -2.28. The van der Waals surface area contributed by atoms with E-state index in [0.29, 0.717) is 0 Å². The van der Waals surface area contributed by atoms with E-state index < -0.39 is 6.10 Å². The van der Waals surface area contributed by atoms with Crippen LogP contribution in [0.1, 0.15) is 19.8 Å². The van der Waals surface area contributed by atoms with Gasteiger partial charge in [0.1, 0.15) is 6.10 Å². The molecule has 1 rings (SSSR count). The van der Waals surface area contributed by atoms with Crippen molar-refractivity contribution < 1.29 is 5.11 Å². The van der Waals surface area contributed by atoms with Crippen LogP contribution in [0.4, 0.5) is 0 Å². The van der Waals surface area contributed by atoms with Gasteiger partial charge in [-0.3, -0.25) is 0 Å². The lowest BCUT2D eigenvalue weighted by atomic mass is 9.79. The van der Waals surface area contributed by atoms with Crippen molar-refractivity contribution in [2.75, 3.05) is 13.1 Å². The van der Waals surface area contributed by atoms with Gasteiger partial charge in [-0.1, -0.05) is 12.8 Å². The molecule has 2 N–H and O–H groups in total. The summed E-state index contributed by atoms with van der Waals surface area (Å²) in [6, 6.07) is 0. The monoisotopic (exact) mass is 153 g/mol. The summed E-state index contributed by atoms with van der Waals surface area (Å²) in [5.74, 6) is 2.41. The molecule has 0 radical (unpaired) electrons. The molecule has 0 aromatic carbocycles. The minimum Gasteiger partial charge on any atom is -0.380 e. The van der Waals surface area contributed by atoms with Crippen LogP contribution in [0.5, 0.6) is 0 Å². The van der Waals surface area contributed by atoms with Crippen molar-refractivity contribution in [2.45, 2.75) is 25.9 Å². The molecule has 0 bridgehead atoms. The molecule has 0 aromatic heterocycles. The summed E-state index contributed by atoms with van der Waals surface area (Å²) < 4.78 is 0. The highest BCUT2D eigenvalue weighted by Crippen LogP contribution is 2.32. The topological polar surface area (TPSA) is 32.3 Å². The fourth-order valence-corrected chi connectivity index (χ4v) is 1.67. The van der Waals surface area contributed by atoms with E-state index in [1.807, 2.05) is 0 Å². The molecule has 0 aliphatic carbocycles. The Morgan fingerprint density at radius 3 is 2.91 bits per heavy atom. The molecule has 0 aromatic rings. The SMILES string of the molecule is C#CC(O)C1(CC)CCNC1. The third kappa shape index (κ3) is 1.40. The number of terminal acetylenes is 1. The Morgan fingerprint density at radius 1 is 1.82 bits per heavy atom. The molecule has 2 atom stereocenters. The van der Waals surface area contributed by atoms with Crippen LogP contribution >= 0.6 is 0 Å². The Morgan fingerprint density at radius 2 is 2.55 bits per heavy atom. The van der Waals surface area contributed by atoms with Gasteiger partial charge >= 0.3 is 0 Å². The smallest absolute Gasteiger partial charge is 0.121 e. The molecule has 1 aliphatic heterocycles. The molecule has 62 valence electrons. The molecule has 0 spiro atoms. The van der Waals surface area contributed by atoms with Gasteiger partial charge in [0.25, 0.3) is 0 Å². The average molecular weight is 153 g/mol. The van der Waals surface area contributed by atoms with Crippen molar-refractivity contribution >= 4 is 0 Å². The van der Waals surface area contributed by atoms with Crippen LogP contribution in [0.15, 0.2) is 0 Å². The zero-order valence-electron chi connectivity index (χ0n) is 6.93. The zero-order valence-corrected chi connectivity index (χ0v) is 6.93. The standard InChI is InChI=1S/C9H15NO/c1-3-8(11)9(4-2)5-6-10-7-9/h1,8,10-11H,4-7H2,2H3. The highest BCUT2D eigenvalue weighted by Gasteiger charge is 2.37. The van der Waals surface area contributed by atoms with Gasteiger partial charge in [0.05, 0.1) is 0 Å². The third-order valence-electron chi connectivity index (χ3n) is 2.72. The predicted octanol–water partition coefficient (Wildman–Crippen LogP) is 0.370. The second-order valence-corrected chi connectivity index (χ2v) is 3.21.